The number of carbonyl (C=O) groups is 1. The van der Waals surface area contributed by atoms with Crippen molar-refractivity contribution in [3.63, 3.8) is 0 Å². The molecule has 122 valence electrons. The molecule has 3 aromatic rings. The molecule has 2 aromatic carbocycles. The number of hydrogen-bond acceptors (Lipinski definition) is 2. The lowest BCUT2D eigenvalue weighted by molar-refractivity contribution is 0.0687. The van der Waals surface area contributed by atoms with Gasteiger partial charge in [-0.2, -0.15) is 5.10 Å². The average molecular weight is 365 g/mol. The molecule has 0 saturated carbocycles. The predicted octanol–water partition coefficient (Wildman–Crippen LogP) is 4.99. The number of carboxylic acid groups (broad SMARTS) is 1. The van der Waals surface area contributed by atoms with Crippen LogP contribution >= 0.6 is 23.2 Å². The SMILES string of the molecule is Cc1cccc(-n2nc(-c3cc(F)c(Cl)cc3Cl)cc2C(=O)O)c1. The molecule has 0 atom stereocenters. The largest absolute Gasteiger partial charge is 0.477 e. The Morgan fingerprint density at radius 2 is 1.92 bits per heavy atom. The summed E-state index contributed by atoms with van der Waals surface area (Å²) in [5.74, 6) is -1.81. The summed E-state index contributed by atoms with van der Waals surface area (Å²) in [5.41, 5.74) is 2.00. The van der Waals surface area contributed by atoms with Crippen molar-refractivity contribution in [3.8, 4) is 16.9 Å². The number of aryl methyl sites for hydroxylation is 1. The summed E-state index contributed by atoms with van der Waals surface area (Å²) in [4.78, 5) is 11.5. The average Bonchev–Trinajstić information content (AvgIpc) is 2.96. The second-order valence-corrected chi connectivity index (χ2v) is 6.03. The summed E-state index contributed by atoms with van der Waals surface area (Å²) >= 11 is 11.8. The third kappa shape index (κ3) is 3.00. The van der Waals surface area contributed by atoms with Gasteiger partial charge in [0.2, 0.25) is 0 Å². The van der Waals surface area contributed by atoms with E-state index in [1.54, 1.807) is 18.2 Å². The Labute approximate surface area is 147 Å². The Kier molecular flexibility index (Phi) is 4.30. The first-order valence-electron chi connectivity index (χ1n) is 6.92. The van der Waals surface area contributed by atoms with E-state index < -0.39 is 11.8 Å². The van der Waals surface area contributed by atoms with E-state index in [1.807, 2.05) is 13.0 Å². The molecule has 0 fully saturated rings. The Morgan fingerprint density at radius 3 is 2.58 bits per heavy atom. The van der Waals surface area contributed by atoms with Crippen molar-refractivity contribution in [1.29, 1.82) is 0 Å². The molecule has 0 aliphatic heterocycles. The van der Waals surface area contributed by atoms with Crippen molar-refractivity contribution in [2.75, 3.05) is 0 Å². The van der Waals surface area contributed by atoms with E-state index in [1.165, 1.54) is 16.8 Å². The van der Waals surface area contributed by atoms with Crippen molar-refractivity contribution < 1.29 is 14.3 Å². The van der Waals surface area contributed by atoms with Gasteiger partial charge in [-0.05, 0) is 42.8 Å². The van der Waals surface area contributed by atoms with E-state index in [4.69, 9.17) is 23.2 Å². The van der Waals surface area contributed by atoms with E-state index in [-0.39, 0.29) is 27.0 Å². The summed E-state index contributed by atoms with van der Waals surface area (Å²) in [5, 5.41) is 13.8. The van der Waals surface area contributed by atoms with Crippen LogP contribution in [-0.4, -0.2) is 20.9 Å². The van der Waals surface area contributed by atoms with Gasteiger partial charge in [0.1, 0.15) is 5.82 Å². The highest BCUT2D eigenvalue weighted by Crippen LogP contribution is 2.32. The van der Waals surface area contributed by atoms with Crippen LogP contribution in [0.4, 0.5) is 4.39 Å². The highest BCUT2D eigenvalue weighted by molar-refractivity contribution is 6.36. The molecule has 1 heterocycles. The lowest BCUT2D eigenvalue weighted by atomic mass is 10.1. The van der Waals surface area contributed by atoms with Gasteiger partial charge in [0.05, 0.1) is 21.4 Å². The highest BCUT2D eigenvalue weighted by atomic mass is 35.5. The minimum Gasteiger partial charge on any atom is -0.477 e. The van der Waals surface area contributed by atoms with Gasteiger partial charge >= 0.3 is 5.97 Å². The molecule has 0 aliphatic carbocycles. The first kappa shape index (κ1) is 16.5. The molecule has 0 amide bonds. The molecule has 0 aliphatic rings. The van der Waals surface area contributed by atoms with Gasteiger partial charge in [-0.15, -0.1) is 0 Å². The summed E-state index contributed by atoms with van der Waals surface area (Å²) in [6.45, 7) is 1.89. The van der Waals surface area contributed by atoms with Crippen LogP contribution in [0.15, 0.2) is 42.5 Å². The summed E-state index contributed by atoms with van der Waals surface area (Å²) in [7, 11) is 0. The van der Waals surface area contributed by atoms with E-state index in [0.717, 1.165) is 11.6 Å². The Morgan fingerprint density at radius 1 is 1.17 bits per heavy atom. The lowest BCUT2D eigenvalue weighted by Gasteiger charge is -2.05. The maximum Gasteiger partial charge on any atom is 0.354 e. The van der Waals surface area contributed by atoms with Gasteiger partial charge in [0.25, 0.3) is 0 Å². The van der Waals surface area contributed by atoms with Crippen LogP contribution in [0.25, 0.3) is 16.9 Å². The number of benzene rings is 2. The summed E-state index contributed by atoms with van der Waals surface area (Å²) in [6, 6.07) is 11.0. The topological polar surface area (TPSA) is 55.1 Å². The summed E-state index contributed by atoms with van der Waals surface area (Å²) < 4.78 is 15.0. The molecular formula is C17H11Cl2FN2O2. The predicted molar refractivity (Wildman–Crippen MR) is 90.7 cm³/mol. The second kappa shape index (κ2) is 6.26. The van der Waals surface area contributed by atoms with Crippen LogP contribution in [0, 0.1) is 12.7 Å². The van der Waals surface area contributed by atoms with E-state index in [9.17, 15) is 14.3 Å². The Bertz CT molecular complexity index is 954. The molecule has 0 bridgehead atoms. The Balaban J connectivity index is 2.20. The minimum atomic E-state index is -1.15. The van der Waals surface area contributed by atoms with E-state index in [0.29, 0.717) is 5.69 Å². The molecule has 1 aromatic heterocycles. The fourth-order valence-electron chi connectivity index (χ4n) is 2.34. The molecule has 0 saturated heterocycles. The van der Waals surface area contributed by atoms with Crippen LogP contribution in [0.1, 0.15) is 16.1 Å². The third-order valence-electron chi connectivity index (χ3n) is 3.46. The minimum absolute atomic E-state index is 0.0537. The zero-order chi connectivity index (χ0) is 17.4. The number of rotatable bonds is 3. The van der Waals surface area contributed by atoms with Crippen LogP contribution in [-0.2, 0) is 0 Å². The quantitative estimate of drug-likeness (QED) is 0.665. The zero-order valence-electron chi connectivity index (χ0n) is 12.4. The van der Waals surface area contributed by atoms with Gasteiger partial charge in [-0.1, -0.05) is 35.3 Å². The normalized spacial score (nSPS) is 10.8. The number of carboxylic acids is 1. The van der Waals surface area contributed by atoms with E-state index in [2.05, 4.69) is 5.10 Å². The van der Waals surface area contributed by atoms with Crippen LogP contribution in [0.2, 0.25) is 10.0 Å². The fraction of sp³-hybridized carbons (Fsp3) is 0.0588. The molecule has 3 rings (SSSR count). The molecular weight excluding hydrogens is 354 g/mol. The number of aromatic nitrogens is 2. The third-order valence-corrected chi connectivity index (χ3v) is 4.06. The van der Waals surface area contributed by atoms with Crippen molar-refractivity contribution in [2.45, 2.75) is 6.92 Å². The second-order valence-electron chi connectivity index (χ2n) is 5.22. The molecule has 0 spiro atoms. The fourth-order valence-corrected chi connectivity index (χ4v) is 2.82. The van der Waals surface area contributed by atoms with Gasteiger partial charge < -0.3 is 5.11 Å². The van der Waals surface area contributed by atoms with Gasteiger partial charge in [0.15, 0.2) is 5.69 Å². The van der Waals surface area contributed by atoms with Crippen molar-refractivity contribution in [1.82, 2.24) is 9.78 Å². The number of nitrogens with zero attached hydrogens (tertiary/aromatic N) is 2. The number of aromatic carboxylic acids is 1. The maximum absolute atomic E-state index is 13.7. The van der Waals surface area contributed by atoms with Gasteiger partial charge in [-0.3, -0.25) is 0 Å². The number of hydrogen-bond donors (Lipinski definition) is 1. The van der Waals surface area contributed by atoms with Crippen LogP contribution < -0.4 is 0 Å². The first-order valence-corrected chi connectivity index (χ1v) is 7.67. The maximum atomic E-state index is 13.7. The molecule has 4 nitrogen and oxygen atoms in total. The summed E-state index contributed by atoms with van der Waals surface area (Å²) in [6.07, 6.45) is 0. The smallest absolute Gasteiger partial charge is 0.354 e. The standard InChI is InChI=1S/C17H11Cl2FN2O2/c1-9-3-2-4-10(5-9)22-16(17(23)24)8-15(21-22)11-6-14(20)13(19)7-12(11)18/h2-8H,1H3,(H,23,24). The zero-order valence-corrected chi connectivity index (χ0v) is 13.9. The molecule has 24 heavy (non-hydrogen) atoms. The highest BCUT2D eigenvalue weighted by Gasteiger charge is 2.19. The van der Waals surface area contributed by atoms with Gasteiger partial charge in [0, 0.05) is 5.56 Å². The van der Waals surface area contributed by atoms with E-state index >= 15 is 0 Å². The molecule has 7 heteroatoms. The first-order chi connectivity index (χ1) is 11.4. The van der Waals surface area contributed by atoms with Gasteiger partial charge in [-0.25, -0.2) is 13.9 Å². The molecule has 0 radical (unpaired) electrons. The van der Waals surface area contributed by atoms with Crippen molar-refractivity contribution >= 4 is 29.2 Å². The molecule has 0 unspecified atom stereocenters. The van der Waals surface area contributed by atoms with Crippen LogP contribution in [0.5, 0.6) is 0 Å². The molecule has 1 N–H and O–H groups in total. The van der Waals surface area contributed by atoms with Crippen LogP contribution in [0.3, 0.4) is 0 Å². The Hall–Kier alpha value is -2.37. The lowest BCUT2D eigenvalue weighted by Crippen LogP contribution is -2.07. The monoisotopic (exact) mass is 364 g/mol. The number of halogens is 3. The van der Waals surface area contributed by atoms with Crippen molar-refractivity contribution in [3.05, 3.63) is 69.6 Å². The van der Waals surface area contributed by atoms with Crippen molar-refractivity contribution in [2.24, 2.45) is 0 Å².